The molecule has 0 amide bonds. The van der Waals surface area contributed by atoms with E-state index in [1.54, 1.807) is 32.1 Å². The highest BCUT2D eigenvalue weighted by Gasteiger charge is 2.50. The van der Waals surface area contributed by atoms with Crippen molar-refractivity contribution in [3.63, 3.8) is 0 Å². The minimum atomic E-state index is 0.699. The van der Waals surface area contributed by atoms with E-state index in [4.69, 9.17) is 0 Å². The van der Waals surface area contributed by atoms with Crippen molar-refractivity contribution in [2.75, 3.05) is 19.6 Å². The second kappa shape index (κ2) is 4.49. The van der Waals surface area contributed by atoms with Crippen molar-refractivity contribution >= 4 is 0 Å². The van der Waals surface area contributed by atoms with Gasteiger partial charge in [-0.25, -0.2) is 0 Å². The molecule has 1 unspecified atom stereocenters. The highest BCUT2D eigenvalue weighted by molar-refractivity contribution is 5.02. The molecule has 4 bridgehead atoms. The molecule has 102 valence electrons. The van der Waals surface area contributed by atoms with Crippen molar-refractivity contribution in [2.45, 2.75) is 57.5 Å². The fourth-order valence-corrected chi connectivity index (χ4v) is 5.90. The monoisotopic (exact) mass is 248 g/mol. The molecule has 5 aliphatic rings. The van der Waals surface area contributed by atoms with Gasteiger partial charge in [0.2, 0.25) is 0 Å². The molecule has 0 radical (unpaired) electrons. The van der Waals surface area contributed by atoms with E-state index in [0.29, 0.717) is 6.04 Å². The second-order valence-electron chi connectivity index (χ2n) is 7.62. The standard InChI is InChI=1S/C16H28N2/c1-11-10-18(4-2-3-17-11)16-14-6-12-5-13(8-14)9-15(16)7-12/h11-17H,2-10H2,1H3. The first kappa shape index (κ1) is 11.7. The van der Waals surface area contributed by atoms with E-state index in [0.717, 1.165) is 29.7 Å². The van der Waals surface area contributed by atoms with Crippen LogP contribution in [0.25, 0.3) is 0 Å². The zero-order valence-electron chi connectivity index (χ0n) is 11.8. The van der Waals surface area contributed by atoms with Gasteiger partial charge >= 0.3 is 0 Å². The maximum Gasteiger partial charge on any atom is 0.0166 e. The molecule has 4 saturated carbocycles. The van der Waals surface area contributed by atoms with Crippen LogP contribution in [0.5, 0.6) is 0 Å². The normalized spacial score (nSPS) is 52.5. The van der Waals surface area contributed by atoms with E-state index in [9.17, 15) is 0 Å². The summed E-state index contributed by atoms with van der Waals surface area (Å²) in [6, 6.07) is 1.66. The molecule has 18 heavy (non-hydrogen) atoms. The molecule has 1 heterocycles. The summed E-state index contributed by atoms with van der Waals surface area (Å²) in [6.07, 6.45) is 9.20. The molecular weight excluding hydrogens is 220 g/mol. The summed E-state index contributed by atoms with van der Waals surface area (Å²) in [5.41, 5.74) is 0. The average molecular weight is 248 g/mol. The van der Waals surface area contributed by atoms with Gasteiger partial charge in [-0.05, 0) is 82.2 Å². The van der Waals surface area contributed by atoms with Crippen LogP contribution in [0.1, 0.15) is 45.4 Å². The Morgan fingerprint density at radius 2 is 1.61 bits per heavy atom. The van der Waals surface area contributed by atoms with E-state index in [2.05, 4.69) is 17.1 Å². The Hall–Kier alpha value is -0.0800. The first-order valence-electron chi connectivity index (χ1n) is 8.27. The molecule has 2 heteroatoms. The predicted octanol–water partition coefficient (Wildman–Crippen LogP) is 2.49. The number of rotatable bonds is 1. The Kier molecular flexibility index (Phi) is 2.92. The molecule has 1 saturated heterocycles. The summed E-state index contributed by atoms with van der Waals surface area (Å²) in [5.74, 6) is 4.36. The second-order valence-corrected chi connectivity index (χ2v) is 7.62. The van der Waals surface area contributed by atoms with E-state index < -0.39 is 0 Å². The molecule has 4 aliphatic carbocycles. The van der Waals surface area contributed by atoms with Gasteiger partial charge in [-0.3, -0.25) is 4.90 Å². The fraction of sp³-hybridized carbons (Fsp3) is 1.00. The largest absolute Gasteiger partial charge is 0.313 e. The maximum absolute atomic E-state index is 3.66. The van der Waals surface area contributed by atoms with Crippen molar-refractivity contribution in [3.8, 4) is 0 Å². The topological polar surface area (TPSA) is 15.3 Å². The van der Waals surface area contributed by atoms with Crippen LogP contribution in [-0.2, 0) is 0 Å². The SMILES string of the molecule is CC1CN(C2C3CC4CC(C3)CC2C4)CCCN1. The van der Waals surface area contributed by atoms with Crippen molar-refractivity contribution in [3.05, 3.63) is 0 Å². The molecular formula is C16H28N2. The first-order chi connectivity index (χ1) is 8.79. The Morgan fingerprint density at radius 1 is 0.944 bits per heavy atom. The van der Waals surface area contributed by atoms with E-state index in [1.165, 1.54) is 26.1 Å². The lowest BCUT2D eigenvalue weighted by molar-refractivity contribution is -0.0651. The van der Waals surface area contributed by atoms with Crippen LogP contribution >= 0.6 is 0 Å². The van der Waals surface area contributed by atoms with Gasteiger partial charge < -0.3 is 5.32 Å². The van der Waals surface area contributed by atoms with Crippen molar-refractivity contribution < 1.29 is 0 Å². The summed E-state index contributed by atoms with van der Waals surface area (Å²) in [6.45, 7) is 6.25. The van der Waals surface area contributed by atoms with Crippen LogP contribution in [0.2, 0.25) is 0 Å². The number of hydrogen-bond donors (Lipinski definition) is 1. The lowest BCUT2D eigenvalue weighted by Crippen LogP contribution is -2.57. The zero-order chi connectivity index (χ0) is 12.1. The molecule has 5 fully saturated rings. The van der Waals surface area contributed by atoms with Gasteiger partial charge in [0.05, 0.1) is 0 Å². The quantitative estimate of drug-likeness (QED) is 0.767. The lowest BCUT2D eigenvalue weighted by atomic mass is 9.54. The smallest absolute Gasteiger partial charge is 0.0166 e. The van der Waals surface area contributed by atoms with Crippen molar-refractivity contribution in [1.82, 2.24) is 10.2 Å². The first-order valence-corrected chi connectivity index (χ1v) is 8.27. The molecule has 0 aromatic heterocycles. The van der Waals surface area contributed by atoms with Crippen LogP contribution < -0.4 is 5.32 Å². The van der Waals surface area contributed by atoms with Gasteiger partial charge in [0.25, 0.3) is 0 Å². The van der Waals surface area contributed by atoms with Crippen LogP contribution in [0.15, 0.2) is 0 Å². The number of hydrogen-bond acceptors (Lipinski definition) is 2. The number of nitrogens with zero attached hydrogens (tertiary/aromatic N) is 1. The molecule has 2 nitrogen and oxygen atoms in total. The Bertz CT molecular complexity index is 286. The zero-order valence-corrected chi connectivity index (χ0v) is 11.8. The minimum Gasteiger partial charge on any atom is -0.313 e. The van der Waals surface area contributed by atoms with E-state index >= 15 is 0 Å². The maximum atomic E-state index is 3.66. The van der Waals surface area contributed by atoms with Crippen molar-refractivity contribution in [2.24, 2.45) is 23.7 Å². The summed E-state index contributed by atoms with van der Waals surface area (Å²) in [7, 11) is 0. The third kappa shape index (κ3) is 1.92. The number of nitrogens with one attached hydrogen (secondary N) is 1. The van der Waals surface area contributed by atoms with E-state index in [-0.39, 0.29) is 0 Å². The molecule has 1 N–H and O–H groups in total. The Balaban J connectivity index is 1.53. The van der Waals surface area contributed by atoms with Crippen molar-refractivity contribution in [1.29, 1.82) is 0 Å². The lowest BCUT2D eigenvalue weighted by Gasteiger charge is -2.57. The molecule has 5 rings (SSSR count). The fourth-order valence-electron chi connectivity index (χ4n) is 5.90. The van der Waals surface area contributed by atoms with Gasteiger partial charge in [-0.2, -0.15) is 0 Å². The summed E-state index contributed by atoms with van der Waals surface area (Å²) >= 11 is 0. The summed E-state index contributed by atoms with van der Waals surface area (Å²) in [5, 5.41) is 3.66. The highest BCUT2D eigenvalue weighted by atomic mass is 15.2. The van der Waals surface area contributed by atoms with Gasteiger partial charge in [0, 0.05) is 18.6 Å². The van der Waals surface area contributed by atoms with Gasteiger partial charge in [-0.15, -0.1) is 0 Å². The minimum absolute atomic E-state index is 0.699. The molecule has 0 aromatic carbocycles. The Labute approximate surface area is 111 Å². The summed E-state index contributed by atoms with van der Waals surface area (Å²) < 4.78 is 0. The van der Waals surface area contributed by atoms with Gasteiger partial charge in [0.15, 0.2) is 0 Å². The van der Waals surface area contributed by atoms with Crippen LogP contribution in [0.3, 0.4) is 0 Å². The molecule has 1 atom stereocenters. The molecule has 0 spiro atoms. The predicted molar refractivity (Wildman–Crippen MR) is 74.5 cm³/mol. The third-order valence-electron chi connectivity index (χ3n) is 6.22. The van der Waals surface area contributed by atoms with Gasteiger partial charge in [0.1, 0.15) is 0 Å². The Morgan fingerprint density at radius 3 is 2.28 bits per heavy atom. The average Bonchev–Trinajstić information content (AvgIpc) is 2.52. The van der Waals surface area contributed by atoms with Crippen LogP contribution in [0.4, 0.5) is 0 Å². The van der Waals surface area contributed by atoms with Crippen LogP contribution in [-0.4, -0.2) is 36.6 Å². The van der Waals surface area contributed by atoms with Gasteiger partial charge in [-0.1, -0.05) is 0 Å². The molecule has 1 aliphatic heterocycles. The highest BCUT2D eigenvalue weighted by Crippen LogP contribution is 2.55. The third-order valence-corrected chi connectivity index (χ3v) is 6.22. The van der Waals surface area contributed by atoms with E-state index in [1.807, 2.05) is 0 Å². The summed E-state index contributed by atoms with van der Waals surface area (Å²) in [4.78, 5) is 2.89. The molecule has 0 aromatic rings. The van der Waals surface area contributed by atoms with Crippen LogP contribution in [0, 0.1) is 23.7 Å².